The number of hydrogen-bond donors (Lipinski definition) is 2. The van der Waals surface area contributed by atoms with Gasteiger partial charge in [-0.2, -0.15) is 0 Å². The van der Waals surface area contributed by atoms with Crippen molar-refractivity contribution in [2.75, 3.05) is 25.5 Å². The van der Waals surface area contributed by atoms with Crippen LogP contribution in [-0.2, 0) is 11.3 Å². The first-order chi connectivity index (χ1) is 14.0. The molecule has 0 spiro atoms. The van der Waals surface area contributed by atoms with Gasteiger partial charge in [0.05, 0.1) is 13.7 Å². The lowest BCUT2D eigenvalue weighted by atomic mass is 10.1. The summed E-state index contributed by atoms with van der Waals surface area (Å²) < 4.78 is 23.8. The fourth-order valence-electron chi connectivity index (χ4n) is 3.06. The number of aromatic nitrogens is 1. The van der Waals surface area contributed by atoms with Crippen LogP contribution in [0.25, 0.3) is 11.3 Å². The van der Waals surface area contributed by atoms with Gasteiger partial charge in [-0.3, -0.25) is 4.79 Å². The third-order valence-corrected chi connectivity index (χ3v) is 4.83. The first-order valence-electron chi connectivity index (χ1n) is 9.48. The van der Waals surface area contributed by atoms with Crippen molar-refractivity contribution in [2.45, 2.75) is 20.4 Å². The highest BCUT2D eigenvalue weighted by atomic mass is 19.1. The van der Waals surface area contributed by atoms with E-state index in [4.69, 9.17) is 9.26 Å². The maximum Gasteiger partial charge on any atom is 0.279 e. The molecule has 1 atom stereocenters. The van der Waals surface area contributed by atoms with Crippen molar-refractivity contribution in [2.24, 2.45) is 0 Å². The minimum Gasteiger partial charge on any atom is -0.497 e. The van der Waals surface area contributed by atoms with Crippen molar-refractivity contribution in [3.05, 3.63) is 65.6 Å². The van der Waals surface area contributed by atoms with E-state index in [0.29, 0.717) is 18.8 Å². The number of nitrogens with one attached hydrogen (secondary N) is 2. The van der Waals surface area contributed by atoms with Gasteiger partial charge in [0.1, 0.15) is 23.8 Å². The molecule has 0 radical (unpaired) electrons. The maximum absolute atomic E-state index is 13.1. The average molecular weight is 398 g/mol. The number of quaternary nitrogens is 1. The van der Waals surface area contributed by atoms with Crippen LogP contribution in [0, 0.1) is 12.7 Å². The van der Waals surface area contributed by atoms with Gasteiger partial charge in [-0.05, 0) is 62.4 Å². The number of likely N-dealkylation sites (N-methyl/N-ethyl adjacent to an activating group) is 1. The summed E-state index contributed by atoms with van der Waals surface area (Å²) in [6.07, 6.45) is 0. The number of rotatable bonds is 8. The van der Waals surface area contributed by atoms with E-state index >= 15 is 0 Å². The summed E-state index contributed by atoms with van der Waals surface area (Å²) in [6.45, 7) is 5.57. The molecule has 7 heteroatoms. The van der Waals surface area contributed by atoms with E-state index in [2.05, 4.69) is 10.5 Å². The minimum absolute atomic E-state index is 0.0769. The second-order valence-corrected chi connectivity index (χ2v) is 6.82. The number of carbonyl (C=O) groups excluding carboxylic acids is 1. The summed E-state index contributed by atoms with van der Waals surface area (Å²) in [5, 5.41) is 7.08. The molecule has 1 unspecified atom stereocenters. The highest BCUT2D eigenvalue weighted by Gasteiger charge is 2.20. The highest BCUT2D eigenvalue weighted by molar-refractivity contribution is 5.91. The number of benzene rings is 2. The van der Waals surface area contributed by atoms with Gasteiger partial charge in [-0.25, -0.2) is 4.39 Å². The number of carbonyl (C=O) groups is 1. The van der Waals surface area contributed by atoms with Gasteiger partial charge < -0.3 is 19.5 Å². The van der Waals surface area contributed by atoms with E-state index in [0.717, 1.165) is 39.7 Å². The van der Waals surface area contributed by atoms with Crippen LogP contribution in [0.5, 0.6) is 5.75 Å². The average Bonchev–Trinajstić information content (AvgIpc) is 3.09. The van der Waals surface area contributed by atoms with Crippen LogP contribution in [0.2, 0.25) is 0 Å². The molecule has 1 amide bonds. The SMILES string of the molecule is CC[NH+](CC(=O)Nc1ccc(OC)cc1)Cc1noc(-c2ccc(F)cc2)c1C. The van der Waals surface area contributed by atoms with Crippen molar-refractivity contribution < 1.29 is 23.3 Å². The molecular weight excluding hydrogens is 373 g/mol. The smallest absolute Gasteiger partial charge is 0.279 e. The molecule has 0 aliphatic carbocycles. The van der Waals surface area contributed by atoms with Crippen LogP contribution in [0.4, 0.5) is 10.1 Å². The van der Waals surface area contributed by atoms with Crippen molar-refractivity contribution in [3.8, 4) is 17.1 Å². The molecular formula is C22H25FN3O3+. The van der Waals surface area contributed by atoms with Gasteiger partial charge in [-0.1, -0.05) is 5.16 Å². The van der Waals surface area contributed by atoms with Crippen molar-refractivity contribution in [1.29, 1.82) is 0 Å². The Morgan fingerprint density at radius 2 is 1.86 bits per heavy atom. The number of hydrogen-bond acceptors (Lipinski definition) is 4. The lowest BCUT2D eigenvalue weighted by molar-refractivity contribution is -0.904. The zero-order valence-corrected chi connectivity index (χ0v) is 16.8. The van der Waals surface area contributed by atoms with Gasteiger partial charge in [0.25, 0.3) is 5.91 Å². The molecule has 152 valence electrons. The Labute approximate surface area is 169 Å². The molecule has 6 nitrogen and oxygen atoms in total. The van der Waals surface area contributed by atoms with Crippen LogP contribution >= 0.6 is 0 Å². The number of ether oxygens (including phenoxy) is 1. The summed E-state index contributed by atoms with van der Waals surface area (Å²) in [7, 11) is 1.60. The molecule has 3 rings (SSSR count). The minimum atomic E-state index is -0.296. The van der Waals surface area contributed by atoms with Crippen LogP contribution in [0.1, 0.15) is 18.2 Å². The van der Waals surface area contributed by atoms with Crippen LogP contribution < -0.4 is 15.0 Å². The zero-order chi connectivity index (χ0) is 20.8. The monoisotopic (exact) mass is 398 g/mol. The molecule has 2 aromatic carbocycles. The van der Waals surface area contributed by atoms with Gasteiger partial charge >= 0.3 is 0 Å². The Morgan fingerprint density at radius 3 is 2.48 bits per heavy atom. The molecule has 0 saturated carbocycles. The van der Waals surface area contributed by atoms with E-state index in [1.54, 1.807) is 43.5 Å². The van der Waals surface area contributed by atoms with Crippen molar-refractivity contribution in [1.82, 2.24) is 5.16 Å². The first kappa shape index (κ1) is 20.5. The van der Waals surface area contributed by atoms with Crippen LogP contribution in [0.15, 0.2) is 53.1 Å². The Bertz CT molecular complexity index is 952. The Kier molecular flexibility index (Phi) is 6.61. The van der Waals surface area contributed by atoms with E-state index in [9.17, 15) is 9.18 Å². The van der Waals surface area contributed by atoms with Gasteiger partial charge in [0, 0.05) is 16.8 Å². The summed E-state index contributed by atoms with van der Waals surface area (Å²) >= 11 is 0. The fraction of sp³-hybridized carbons (Fsp3) is 0.273. The number of methoxy groups -OCH3 is 1. The van der Waals surface area contributed by atoms with Gasteiger partial charge in [-0.15, -0.1) is 0 Å². The van der Waals surface area contributed by atoms with E-state index in [-0.39, 0.29) is 11.7 Å². The first-order valence-corrected chi connectivity index (χ1v) is 9.48. The van der Waals surface area contributed by atoms with Crippen LogP contribution in [-0.4, -0.2) is 31.3 Å². The van der Waals surface area contributed by atoms with Crippen molar-refractivity contribution >= 4 is 11.6 Å². The molecule has 29 heavy (non-hydrogen) atoms. The molecule has 0 saturated heterocycles. The second-order valence-electron chi connectivity index (χ2n) is 6.82. The quantitative estimate of drug-likeness (QED) is 0.612. The van der Waals surface area contributed by atoms with E-state index in [1.807, 2.05) is 13.8 Å². The number of nitrogens with zero attached hydrogens (tertiary/aromatic N) is 1. The molecule has 3 aromatic rings. The molecule has 0 bridgehead atoms. The normalized spacial score (nSPS) is 11.9. The lowest BCUT2D eigenvalue weighted by Gasteiger charge is -2.16. The molecule has 2 N–H and O–H groups in total. The maximum atomic E-state index is 13.1. The predicted molar refractivity (Wildman–Crippen MR) is 108 cm³/mol. The standard InChI is InChI=1S/C22H24FN3O3/c1-4-26(14-21(27)24-18-9-11-19(28-3)12-10-18)13-20-15(2)22(29-25-20)16-5-7-17(23)8-6-16/h5-12H,4,13-14H2,1-3H3,(H,24,27)/p+1. The largest absolute Gasteiger partial charge is 0.497 e. The predicted octanol–water partition coefficient (Wildman–Crippen LogP) is 2.84. The van der Waals surface area contributed by atoms with Crippen LogP contribution in [0.3, 0.4) is 0 Å². The summed E-state index contributed by atoms with van der Waals surface area (Å²) in [6, 6.07) is 13.3. The third-order valence-electron chi connectivity index (χ3n) is 4.83. The highest BCUT2D eigenvalue weighted by Crippen LogP contribution is 2.25. The Balaban J connectivity index is 1.63. The van der Waals surface area contributed by atoms with Gasteiger partial charge in [0.2, 0.25) is 0 Å². The number of halogens is 1. The Hall–Kier alpha value is -3.19. The molecule has 0 aliphatic rings. The third kappa shape index (κ3) is 5.20. The van der Waals surface area contributed by atoms with Gasteiger partial charge in [0.15, 0.2) is 12.3 Å². The Morgan fingerprint density at radius 1 is 1.17 bits per heavy atom. The molecule has 1 heterocycles. The van der Waals surface area contributed by atoms with Crippen molar-refractivity contribution in [3.63, 3.8) is 0 Å². The topological polar surface area (TPSA) is 68.8 Å². The molecule has 0 fully saturated rings. The number of anilines is 1. The summed E-state index contributed by atoms with van der Waals surface area (Å²) in [5.41, 5.74) is 3.19. The number of amides is 1. The zero-order valence-electron chi connectivity index (χ0n) is 16.8. The second kappa shape index (κ2) is 9.34. The summed E-state index contributed by atoms with van der Waals surface area (Å²) in [5.74, 6) is 0.989. The van der Waals surface area contributed by atoms with E-state index in [1.165, 1.54) is 12.1 Å². The molecule has 1 aromatic heterocycles. The van der Waals surface area contributed by atoms with E-state index < -0.39 is 0 Å². The lowest BCUT2D eigenvalue weighted by Crippen LogP contribution is -3.11. The fourth-order valence-corrected chi connectivity index (χ4v) is 3.06. The summed E-state index contributed by atoms with van der Waals surface area (Å²) in [4.78, 5) is 13.5. The molecule has 0 aliphatic heterocycles.